The molecule has 4 rings (SSSR count). The Hall–Kier alpha value is -4.35. The van der Waals surface area contributed by atoms with E-state index in [2.05, 4.69) is 15.5 Å². The summed E-state index contributed by atoms with van der Waals surface area (Å²) in [6, 6.07) is 34.1. The number of benzene rings is 4. The highest BCUT2D eigenvalue weighted by Crippen LogP contribution is 2.17. The van der Waals surface area contributed by atoms with Gasteiger partial charge in [0.2, 0.25) is 5.78 Å². The summed E-state index contributed by atoms with van der Waals surface area (Å²) in [6.45, 7) is 0. The zero-order valence-corrected chi connectivity index (χ0v) is 19.5. The van der Waals surface area contributed by atoms with Crippen molar-refractivity contribution in [1.82, 2.24) is 5.43 Å². The van der Waals surface area contributed by atoms with Crippen LogP contribution in [-0.4, -0.2) is 23.1 Å². The standard InChI is InChI=1S/C29H22ClN3O2/c30-24-16-18-25(19-17-24)31-29(23-14-8-3-9-15-23)33-32-26(28(35)22-12-6-2-7-13-22)20-27(34)21-10-4-1-5-11-21/h1-19H,20H2,(H,31,33)/b32-26-. The topological polar surface area (TPSA) is 70.9 Å². The van der Waals surface area contributed by atoms with Crippen molar-refractivity contribution in [1.29, 1.82) is 0 Å². The van der Waals surface area contributed by atoms with Gasteiger partial charge in [-0.05, 0) is 24.3 Å². The number of hydrogen-bond acceptors (Lipinski definition) is 4. The molecule has 0 aromatic heterocycles. The quantitative estimate of drug-likeness (QED) is 0.135. The number of halogens is 1. The summed E-state index contributed by atoms with van der Waals surface area (Å²) in [7, 11) is 0. The van der Waals surface area contributed by atoms with Crippen molar-refractivity contribution in [3.8, 4) is 0 Å². The fraction of sp³-hybridized carbons (Fsp3) is 0.0345. The van der Waals surface area contributed by atoms with E-state index in [0.29, 0.717) is 27.7 Å². The van der Waals surface area contributed by atoms with Crippen LogP contribution < -0.4 is 5.43 Å². The zero-order valence-electron chi connectivity index (χ0n) is 18.8. The molecule has 6 heteroatoms. The molecule has 35 heavy (non-hydrogen) atoms. The predicted octanol–water partition coefficient (Wildman–Crippen LogP) is 6.52. The summed E-state index contributed by atoms with van der Waals surface area (Å²) in [4.78, 5) is 30.9. The third-order valence-corrected chi connectivity index (χ3v) is 5.39. The first-order valence-corrected chi connectivity index (χ1v) is 11.4. The number of Topliss-reactive ketones (excluding diaryl/α,β-unsaturated/α-hetero) is 2. The molecule has 5 nitrogen and oxygen atoms in total. The number of carbonyl (C=O) groups excluding carboxylic acids is 2. The Labute approximate surface area is 208 Å². The minimum atomic E-state index is -0.332. The molecule has 1 N–H and O–H groups in total. The molecule has 0 aliphatic heterocycles. The summed E-state index contributed by atoms with van der Waals surface area (Å²) in [5, 5.41) is 5.00. The van der Waals surface area contributed by atoms with Crippen molar-refractivity contribution in [3.63, 3.8) is 0 Å². The van der Waals surface area contributed by atoms with Crippen LogP contribution in [0.15, 0.2) is 125 Å². The maximum atomic E-state index is 13.3. The Morgan fingerprint density at radius 3 is 1.74 bits per heavy atom. The smallest absolute Gasteiger partial charge is 0.209 e. The Bertz CT molecular complexity index is 1350. The van der Waals surface area contributed by atoms with Crippen LogP contribution in [0.3, 0.4) is 0 Å². The second-order valence-corrected chi connectivity index (χ2v) is 8.07. The lowest BCUT2D eigenvalue weighted by Crippen LogP contribution is -2.26. The van der Waals surface area contributed by atoms with E-state index in [-0.39, 0.29) is 23.7 Å². The number of carbonyl (C=O) groups is 2. The lowest BCUT2D eigenvalue weighted by molar-refractivity contribution is 0.0985. The summed E-state index contributed by atoms with van der Waals surface area (Å²) < 4.78 is 0. The van der Waals surface area contributed by atoms with Crippen molar-refractivity contribution < 1.29 is 9.59 Å². The molecule has 0 radical (unpaired) electrons. The molecule has 0 atom stereocenters. The Morgan fingerprint density at radius 2 is 1.17 bits per heavy atom. The van der Waals surface area contributed by atoms with Gasteiger partial charge in [-0.3, -0.25) is 15.0 Å². The highest BCUT2D eigenvalue weighted by molar-refractivity contribution is 6.49. The molecule has 0 amide bonds. The summed E-state index contributed by atoms with van der Waals surface area (Å²) in [5.41, 5.74) is 5.42. The number of hydrogen-bond donors (Lipinski definition) is 1. The third kappa shape index (κ3) is 6.59. The molecular weight excluding hydrogens is 458 g/mol. The molecule has 0 aliphatic rings. The van der Waals surface area contributed by atoms with Crippen molar-refractivity contribution in [2.45, 2.75) is 6.42 Å². The van der Waals surface area contributed by atoms with Gasteiger partial charge in [0.05, 0.1) is 12.1 Å². The zero-order chi connectivity index (χ0) is 24.5. The van der Waals surface area contributed by atoms with Crippen molar-refractivity contribution in [2.75, 3.05) is 0 Å². The van der Waals surface area contributed by atoms with E-state index in [9.17, 15) is 9.59 Å². The van der Waals surface area contributed by atoms with Gasteiger partial charge in [-0.2, -0.15) is 5.10 Å². The highest BCUT2D eigenvalue weighted by Gasteiger charge is 2.19. The van der Waals surface area contributed by atoms with E-state index >= 15 is 0 Å². The van der Waals surface area contributed by atoms with Gasteiger partial charge in [-0.25, -0.2) is 4.99 Å². The number of nitrogens with one attached hydrogen (secondary N) is 1. The number of ketones is 2. The van der Waals surface area contributed by atoms with E-state index < -0.39 is 0 Å². The van der Waals surface area contributed by atoms with Gasteiger partial charge in [0.25, 0.3) is 0 Å². The Morgan fingerprint density at radius 1 is 0.657 bits per heavy atom. The van der Waals surface area contributed by atoms with E-state index in [0.717, 1.165) is 5.56 Å². The molecule has 0 saturated carbocycles. The first-order valence-electron chi connectivity index (χ1n) is 11.0. The number of nitrogens with zero attached hydrogens (tertiary/aromatic N) is 2. The number of amidine groups is 1. The first kappa shape index (κ1) is 23.8. The molecule has 0 aliphatic carbocycles. The SMILES string of the molecule is O=C(C/C(=N/NC(=Nc1ccc(Cl)cc1)c1ccccc1)C(=O)c1ccccc1)c1ccccc1. The maximum absolute atomic E-state index is 13.3. The van der Waals surface area contributed by atoms with Crippen molar-refractivity contribution in [2.24, 2.45) is 10.1 Å². The van der Waals surface area contributed by atoms with Crippen LogP contribution in [0.25, 0.3) is 0 Å². The molecule has 0 bridgehead atoms. The van der Waals surface area contributed by atoms with Crippen LogP contribution in [0.5, 0.6) is 0 Å². The normalized spacial score (nSPS) is 11.7. The van der Waals surface area contributed by atoms with E-state index in [1.165, 1.54) is 0 Å². The van der Waals surface area contributed by atoms with Gasteiger partial charge in [-0.1, -0.05) is 103 Å². The summed E-state index contributed by atoms with van der Waals surface area (Å²) >= 11 is 6.00. The van der Waals surface area contributed by atoms with Gasteiger partial charge >= 0.3 is 0 Å². The minimum absolute atomic E-state index is 0.0878. The molecule has 0 fully saturated rings. The second kappa shape index (κ2) is 11.7. The number of aliphatic imine (C=N–C) groups is 1. The van der Waals surface area contributed by atoms with Crippen LogP contribution in [0.2, 0.25) is 5.02 Å². The van der Waals surface area contributed by atoms with Crippen molar-refractivity contribution >= 4 is 40.4 Å². The van der Waals surface area contributed by atoms with E-state index in [1.807, 2.05) is 42.5 Å². The lowest BCUT2D eigenvalue weighted by atomic mass is 10.00. The highest BCUT2D eigenvalue weighted by atomic mass is 35.5. The van der Waals surface area contributed by atoms with E-state index in [1.54, 1.807) is 72.8 Å². The molecule has 4 aromatic rings. The molecule has 172 valence electrons. The van der Waals surface area contributed by atoms with Crippen LogP contribution in [0, 0.1) is 0 Å². The molecular formula is C29H22ClN3O2. The molecule has 0 unspecified atom stereocenters. The van der Waals surface area contributed by atoms with Crippen LogP contribution in [0.1, 0.15) is 32.7 Å². The largest absolute Gasteiger partial charge is 0.294 e. The van der Waals surface area contributed by atoms with Crippen LogP contribution >= 0.6 is 11.6 Å². The fourth-order valence-corrected chi connectivity index (χ4v) is 3.45. The van der Waals surface area contributed by atoms with Gasteiger partial charge in [-0.15, -0.1) is 0 Å². The monoisotopic (exact) mass is 479 g/mol. The second-order valence-electron chi connectivity index (χ2n) is 7.63. The fourth-order valence-electron chi connectivity index (χ4n) is 3.32. The summed E-state index contributed by atoms with van der Waals surface area (Å²) in [6.07, 6.45) is -0.159. The first-order chi connectivity index (χ1) is 17.1. The van der Waals surface area contributed by atoms with Crippen molar-refractivity contribution in [3.05, 3.63) is 137 Å². The average Bonchev–Trinajstić information content (AvgIpc) is 2.92. The Kier molecular flexibility index (Phi) is 7.94. The van der Waals surface area contributed by atoms with Crippen LogP contribution in [0.4, 0.5) is 5.69 Å². The van der Waals surface area contributed by atoms with Gasteiger partial charge in [0.1, 0.15) is 5.71 Å². The molecule has 0 saturated heterocycles. The molecule has 4 aromatic carbocycles. The Balaban J connectivity index is 1.69. The van der Waals surface area contributed by atoms with E-state index in [4.69, 9.17) is 11.6 Å². The third-order valence-electron chi connectivity index (χ3n) is 5.13. The lowest BCUT2D eigenvalue weighted by Gasteiger charge is -2.10. The van der Waals surface area contributed by atoms with Crippen LogP contribution in [-0.2, 0) is 0 Å². The average molecular weight is 480 g/mol. The predicted molar refractivity (Wildman–Crippen MR) is 141 cm³/mol. The molecule has 0 heterocycles. The summed E-state index contributed by atoms with van der Waals surface area (Å²) in [5.74, 6) is -0.105. The maximum Gasteiger partial charge on any atom is 0.209 e. The molecule has 0 spiro atoms. The van der Waals surface area contributed by atoms with Gasteiger partial charge in [0, 0.05) is 21.7 Å². The minimum Gasteiger partial charge on any atom is -0.294 e. The number of rotatable bonds is 8. The van der Waals surface area contributed by atoms with Gasteiger partial charge < -0.3 is 0 Å². The van der Waals surface area contributed by atoms with Gasteiger partial charge in [0.15, 0.2) is 11.6 Å². The number of hydrazone groups is 1.